The van der Waals surface area contributed by atoms with Gasteiger partial charge in [0.15, 0.2) is 0 Å². The van der Waals surface area contributed by atoms with Crippen LogP contribution in [0.5, 0.6) is 0 Å². The van der Waals surface area contributed by atoms with Gasteiger partial charge in [-0.3, -0.25) is 4.72 Å². The third kappa shape index (κ3) is 3.67. The first-order valence-corrected chi connectivity index (χ1v) is 9.03. The lowest BCUT2D eigenvalue weighted by molar-refractivity contribution is 0.0601. The van der Waals surface area contributed by atoms with Crippen molar-refractivity contribution in [3.63, 3.8) is 0 Å². The fourth-order valence-electron chi connectivity index (χ4n) is 1.57. The Hall–Kier alpha value is -0.990. The molecule has 0 aliphatic heterocycles. The van der Waals surface area contributed by atoms with E-state index in [1.807, 2.05) is 0 Å². The van der Waals surface area contributed by atoms with Gasteiger partial charge in [0.2, 0.25) is 0 Å². The van der Waals surface area contributed by atoms with Crippen LogP contribution in [0.3, 0.4) is 0 Å². The van der Waals surface area contributed by atoms with Gasteiger partial charge in [0.1, 0.15) is 9.23 Å². The summed E-state index contributed by atoms with van der Waals surface area (Å²) in [5, 5.41) is 0.145. The molecule has 0 spiro atoms. The van der Waals surface area contributed by atoms with Crippen molar-refractivity contribution in [1.29, 1.82) is 0 Å². The number of benzene rings is 1. The third-order valence-corrected chi connectivity index (χ3v) is 6.00. The van der Waals surface area contributed by atoms with Gasteiger partial charge >= 0.3 is 5.97 Å². The quantitative estimate of drug-likeness (QED) is 0.777. The van der Waals surface area contributed by atoms with Gasteiger partial charge in [-0.1, -0.05) is 34.8 Å². The number of esters is 1. The van der Waals surface area contributed by atoms with Crippen molar-refractivity contribution in [2.45, 2.75) is 4.90 Å². The Morgan fingerprint density at radius 1 is 1.23 bits per heavy atom. The maximum Gasteiger partial charge on any atom is 0.339 e. The van der Waals surface area contributed by atoms with Crippen molar-refractivity contribution in [3.8, 4) is 0 Å². The molecule has 1 heterocycles. The zero-order valence-electron chi connectivity index (χ0n) is 10.9. The van der Waals surface area contributed by atoms with E-state index >= 15 is 0 Å². The number of carbonyl (C=O) groups is 1. The molecule has 0 fully saturated rings. The average Bonchev–Trinajstić information content (AvgIpc) is 2.79. The zero-order chi connectivity index (χ0) is 16.5. The molecule has 0 saturated carbocycles. The normalized spacial score (nSPS) is 11.3. The Morgan fingerprint density at radius 3 is 2.45 bits per heavy atom. The van der Waals surface area contributed by atoms with Gasteiger partial charge in [-0.15, -0.1) is 11.3 Å². The predicted octanol–water partition coefficient (Wildman–Crippen LogP) is 4.30. The number of sulfonamides is 1. The highest BCUT2D eigenvalue weighted by Crippen LogP contribution is 2.35. The first-order valence-electron chi connectivity index (χ1n) is 5.60. The highest BCUT2D eigenvalue weighted by Gasteiger charge is 2.22. The van der Waals surface area contributed by atoms with E-state index in [0.717, 1.165) is 11.3 Å². The summed E-state index contributed by atoms with van der Waals surface area (Å²) < 4.78 is 31.7. The Bertz CT molecular complexity index is 833. The summed E-state index contributed by atoms with van der Waals surface area (Å²) in [5.41, 5.74) is 0.182. The number of anilines is 1. The molecule has 5 nitrogen and oxygen atoms in total. The van der Waals surface area contributed by atoms with Crippen LogP contribution in [0.15, 0.2) is 29.2 Å². The zero-order valence-corrected chi connectivity index (χ0v) is 14.8. The molecule has 2 aromatic rings. The fraction of sp³-hybridized carbons (Fsp3) is 0.0833. The second-order valence-corrected chi connectivity index (χ2v) is 8.32. The molecule has 0 saturated heterocycles. The number of hydrogen-bond donors (Lipinski definition) is 1. The minimum atomic E-state index is -3.94. The highest BCUT2D eigenvalue weighted by molar-refractivity contribution is 7.93. The Morgan fingerprint density at radius 2 is 1.91 bits per heavy atom. The summed E-state index contributed by atoms with van der Waals surface area (Å²) in [5.74, 6) is -0.678. The van der Waals surface area contributed by atoms with Crippen molar-refractivity contribution < 1.29 is 17.9 Å². The van der Waals surface area contributed by atoms with Crippen molar-refractivity contribution >= 4 is 67.8 Å². The summed E-state index contributed by atoms with van der Waals surface area (Å²) in [6.45, 7) is 0. The number of hydrogen-bond acceptors (Lipinski definition) is 5. The van der Waals surface area contributed by atoms with Crippen LogP contribution in [0, 0.1) is 0 Å². The molecule has 0 aliphatic carbocycles. The summed E-state index contributed by atoms with van der Waals surface area (Å²) in [7, 11) is -2.74. The van der Waals surface area contributed by atoms with Crippen LogP contribution in [-0.2, 0) is 14.8 Å². The predicted molar refractivity (Wildman–Crippen MR) is 87.9 cm³/mol. The molecule has 10 heteroatoms. The lowest BCUT2D eigenvalue weighted by Crippen LogP contribution is -2.13. The largest absolute Gasteiger partial charge is 0.465 e. The van der Waals surface area contributed by atoms with Crippen LogP contribution in [0.1, 0.15) is 10.4 Å². The van der Waals surface area contributed by atoms with Gasteiger partial charge in [0.05, 0.1) is 22.0 Å². The SMILES string of the molecule is COC(=O)c1cc(NS(=O)(=O)c2cc(Cl)sc2Cl)ccc1Cl. The van der Waals surface area contributed by atoms with Gasteiger partial charge in [0.25, 0.3) is 10.0 Å². The molecule has 0 radical (unpaired) electrons. The maximum absolute atomic E-state index is 12.3. The number of halogens is 3. The lowest BCUT2D eigenvalue weighted by atomic mass is 10.2. The molecule has 0 unspecified atom stereocenters. The second kappa shape index (κ2) is 6.64. The van der Waals surface area contributed by atoms with E-state index in [9.17, 15) is 13.2 Å². The molecule has 1 aromatic carbocycles. The van der Waals surface area contributed by atoms with Crippen molar-refractivity contribution in [1.82, 2.24) is 0 Å². The molecule has 0 amide bonds. The monoisotopic (exact) mass is 399 g/mol. The molecule has 1 aromatic heterocycles. The Balaban J connectivity index is 2.38. The van der Waals surface area contributed by atoms with Gasteiger partial charge < -0.3 is 4.74 Å². The molecule has 1 N–H and O–H groups in total. The number of nitrogens with one attached hydrogen (secondary N) is 1. The number of thiophene rings is 1. The van der Waals surface area contributed by atoms with Crippen LogP contribution >= 0.6 is 46.1 Å². The highest BCUT2D eigenvalue weighted by atomic mass is 35.5. The summed E-state index contributed by atoms with van der Waals surface area (Å²) in [4.78, 5) is 11.4. The van der Waals surface area contributed by atoms with Crippen molar-refractivity contribution in [2.75, 3.05) is 11.8 Å². The second-order valence-electron chi connectivity index (χ2n) is 3.98. The van der Waals surface area contributed by atoms with Crippen LogP contribution in [-0.4, -0.2) is 21.5 Å². The molecule has 22 heavy (non-hydrogen) atoms. The van der Waals surface area contributed by atoms with Gasteiger partial charge in [-0.25, -0.2) is 13.2 Å². The fourth-order valence-corrected chi connectivity index (χ4v) is 4.97. The molecule has 0 bridgehead atoms. The average molecular weight is 401 g/mol. The van der Waals surface area contributed by atoms with Crippen molar-refractivity contribution in [2.24, 2.45) is 0 Å². The van der Waals surface area contributed by atoms with Crippen LogP contribution in [0.2, 0.25) is 13.7 Å². The Kier molecular flexibility index (Phi) is 5.24. The van der Waals surface area contributed by atoms with E-state index in [0.29, 0.717) is 0 Å². The lowest BCUT2D eigenvalue weighted by Gasteiger charge is -2.09. The number of rotatable bonds is 4. The summed E-state index contributed by atoms with van der Waals surface area (Å²) in [6.07, 6.45) is 0. The smallest absolute Gasteiger partial charge is 0.339 e. The molecular formula is C12H8Cl3NO4S2. The van der Waals surface area contributed by atoms with Crippen LogP contribution in [0.4, 0.5) is 5.69 Å². The van der Waals surface area contributed by atoms with Crippen LogP contribution < -0.4 is 4.72 Å². The minimum absolute atomic E-state index is 0.0406. The Labute approximate surface area is 145 Å². The van der Waals surface area contributed by atoms with E-state index < -0.39 is 16.0 Å². The van der Waals surface area contributed by atoms with Gasteiger partial charge in [0, 0.05) is 5.69 Å². The standard InChI is InChI=1S/C12H8Cl3NO4S2/c1-20-12(17)7-4-6(2-3-8(7)13)16-22(18,19)9-5-10(14)21-11(9)15/h2-5,16H,1H3. The van der Waals surface area contributed by atoms with Crippen molar-refractivity contribution in [3.05, 3.63) is 43.5 Å². The van der Waals surface area contributed by atoms with Crippen LogP contribution in [0.25, 0.3) is 0 Å². The van der Waals surface area contributed by atoms with E-state index in [2.05, 4.69) is 9.46 Å². The van der Waals surface area contributed by atoms with E-state index in [1.54, 1.807) is 0 Å². The topological polar surface area (TPSA) is 72.5 Å². The summed E-state index contributed by atoms with van der Waals surface area (Å²) in [6, 6.07) is 5.31. The molecule has 0 atom stereocenters. The number of ether oxygens (including phenoxy) is 1. The van der Waals surface area contributed by atoms with E-state index in [4.69, 9.17) is 34.8 Å². The third-order valence-electron chi connectivity index (χ3n) is 2.54. The number of carbonyl (C=O) groups excluding carboxylic acids is 1. The van der Waals surface area contributed by atoms with E-state index in [-0.39, 0.29) is 29.8 Å². The molecule has 118 valence electrons. The first-order chi connectivity index (χ1) is 10.2. The number of methoxy groups -OCH3 is 1. The minimum Gasteiger partial charge on any atom is -0.465 e. The van der Waals surface area contributed by atoms with Gasteiger partial charge in [-0.2, -0.15) is 0 Å². The molecular weight excluding hydrogens is 393 g/mol. The molecule has 2 rings (SSSR count). The first kappa shape index (κ1) is 17.4. The molecule has 0 aliphatic rings. The summed E-state index contributed by atoms with van der Waals surface area (Å²) >= 11 is 18.4. The maximum atomic E-state index is 12.3. The van der Waals surface area contributed by atoms with Gasteiger partial charge in [-0.05, 0) is 24.3 Å². The van der Waals surface area contributed by atoms with E-state index in [1.165, 1.54) is 31.4 Å².